The maximum Gasteiger partial charge on any atom is 0.336 e. The normalized spacial score (nSPS) is 15.8. The molecule has 0 saturated carbocycles. The van der Waals surface area contributed by atoms with Crippen molar-refractivity contribution in [2.75, 3.05) is 4.90 Å². The summed E-state index contributed by atoms with van der Waals surface area (Å²) in [6.45, 7) is 0. The van der Waals surface area contributed by atoms with E-state index < -0.39 is 17.8 Å². The lowest BCUT2D eigenvalue weighted by Crippen LogP contribution is -2.30. The minimum Gasteiger partial charge on any atom is -0.269 e. The second-order valence-electron chi connectivity index (χ2n) is 2.88. The van der Waals surface area contributed by atoms with Crippen molar-refractivity contribution in [1.82, 2.24) is 5.32 Å². The van der Waals surface area contributed by atoms with Gasteiger partial charge in [-0.2, -0.15) is 0 Å². The van der Waals surface area contributed by atoms with Gasteiger partial charge in [0, 0.05) is 3.57 Å². The second kappa shape index (κ2) is 3.61. The van der Waals surface area contributed by atoms with Gasteiger partial charge < -0.3 is 0 Å². The molecule has 1 fully saturated rings. The lowest BCUT2D eigenvalue weighted by atomic mass is 10.3. The Labute approximate surface area is 98.6 Å². The van der Waals surface area contributed by atoms with Crippen molar-refractivity contribution in [3.05, 3.63) is 27.8 Å². The van der Waals surface area contributed by atoms with Gasteiger partial charge in [0.15, 0.2) is 0 Å². The average molecular weight is 316 g/mol. The fourth-order valence-electron chi connectivity index (χ4n) is 1.22. The Morgan fingerprint density at radius 2 is 1.67 bits per heavy atom. The summed E-state index contributed by atoms with van der Waals surface area (Å²) in [5, 5.41) is 1.93. The maximum absolute atomic E-state index is 11.3. The van der Waals surface area contributed by atoms with Crippen LogP contribution in [0.2, 0.25) is 0 Å². The summed E-state index contributed by atoms with van der Waals surface area (Å²) in [4.78, 5) is 34.3. The van der Waals surface area contributed by atoms with E-state index in [1.165, 1.54) is 0 Å². The number of carbonyl (C=O) groups is 3. The van der Waals surface area contributed by atoms with Crippen LogP contribution in [0, 0.1) is 3.57 Å². The van der Waals surface area contributed by atoms with Crippen LogP contribution in [0.25, 0.3) is 0 Å². The quantitative estimate of drug-likeness (QED) is 0.475. The number of carbonyl (C=O) groups excluding carboxylic acids is 3. The number of nitrogens with one attached hydrogen (secondary N) is 1. The molecule has 1 aliphatic rings. The van der Waals surface area contributed by atoms with Crippen molar-refractivity contribution in [3.8, 4) is 0 Å². The van der Waals surface area contributed by atoms with Crippen molar-refractivity contribution >= 4 is 46.1 Å². The molecule has 1 aliphatic heterocycles. The van der Waals surface area contributed by atoms with Crippen molar-refractivity contribution < 1.29 is 14.4 Å². The highest BCUT2D eigenvalue weighted by Crippen LogP contribution is 2.18. The van der Waals surface area contributed by atoms with Gasteiger partial charge >= 0.3 is 17.8 Å². The Balaban J connectivity index is 2.39. The number of halogens is 1. The van der Waals surface area contributed by atoms with Gasteiger partial charge in [-0.25, -0.2) is 9.69 Å². The van der Waals surface area contributed by atoms with Crippen LogP contribution in [0.4, 0.5) is 10.5 Å². The predicted molar refractivity (Wildman–Crippen MR) is 60.2 cm³/mol. The van der Waals surface area contributed by atoms with Crippen molar-refractivity contribution in [1.29, 1.82) is 0 Å². The van der Waals surface area contributed by atoms with Crippen molar-refractivity contribution in [2.24, 2.45) is 0 Å². The zero-order valence-electron chi connectivity index (χ0n) is 7.36. The van der Waals surface area contributed by atoms with E-state index in [1.807, 2.05) is 5.32 Å². The smallest absolute Gasteiger partial charge is 0.269 e. The summed E-state index contributed by atoms with van der Waals surface area (Å²) >= 11 is 2.10. The summed E-state index contributed by atoms with van der Waals surface area (Å²) in [5.41, 5.74) is 0.392. The van der Waals surface area contributed by atoms with E-state index in [-0.39, 0.29) is 0 Å². The van der Waals surface area contributed by atoms with E-state index in [9.17, 15) is 14.4 Å². The largest absolute Gasteiger partial charge is 0.336 e. The summed E-state index contributed by atoms with van der Waals surface area (Å²) in [6, 6.07) is 6.01. The molecular weight excluding hydrogens is 311 g/mol. The first-order chi connectivity index (χ1) is 7.09. The van der Waals surface area contributed by atoms with E-state index in [2.05, 4.69) is 22.6 Å². The van der Waals surface area contributed by atoms with E-state index in [0.29, 0.717) is 5.69 Å². The molecule has 0 unspecified atom stereocenters. The first kappa shape index (κ1) is 10.1. The van der Waals surface area contributed by atoms with E-state index >= 15 is 0 Å². The van der Waals surface area contributed by atoms with Crippen LogP contribution < -0.4 is 10.2 Å². The summed E-state index contributed by atoms with van der Waals surface area (Å²) in [5.74, 6) is -1.74. The zero-order chi connectivity index (χ0) is 11.0. The molecule has 0 bridgehead atoms. The highest BCUT2D eigenvalue weighted by Gasteiger charge is 2.37. The lowest BCUT2D eigenvalue weighted by Gasteiger charge is -2.10. The predicted octanol–water partition coefficient (Wildman–Crippen LogP) is 0.874. The molecule has 4 amide bonds. The van der Waals surface area contributed by atoms with Crippen LogP contribution in [0.5, 0.6) is 0 Å². The molecule has 6 heteroatoms. The average Bonchev–Trinajstić information content (AvgIpc) is 2.44. The topological polar surface area (TPSA) is 66.5 Å². The van der Waals surface area contributed by atoms with Crippen molar-refractivity contribution in [2.45, 2.75) is 0 Å². The van der Waals surface area contributed by atoms with Crippen LogP contribution >= 0.6 is 22.6 Å². The lowest BCUT2D eigenvalue weighted by molar-refractivity contribution is -0.134. The van der Waals surface area contributed by atoms with Gasteiger partial charge in [0.05, 0.1) is 5.69 Å². The molecular formula is C9H5IN2O3. The zero-order valence-corrected chi connectivity index (χ0v) is 9.52. The van der Waals surface area contributed by atoms with E-state index in [4.69, 9.17) is 0 Å². The van der Waals surface area contributed by atoms with Crippen LogP contribution in [-0.2, 0) is 9.59 Å². The van der Waals surface area contributed by atoms with Gasteiger partial charge in [0.1, 0.15) is 0 Å². The van der Waals surface area contributed by atoms with Crippen LogP contribution in [-0.4, -0.2) is 17.8 Å². The highest BCUT2D eigenvalue weighted by atomic mass is 127. The molecule has 0 aliphatic carbocycles. The molecule has 5 nitrogen and oxygen atoms in total. The molecule has 1 aromatic carbocycles. The molecule has 76 valence electrons. The van der Waals surface area contributed by atoms with Gasteiger partial charge in [-0.3, -0.25) is 14.9 Å². The first-order valence-electron chi connectivity index (χ1n) is 4.04. The molecule has 1 N–H and O–H groups in total. The van der Waals surface area contributed by atoms with Gasteiger partial charge in [-0.15, -0.1) is 0 Å². The molecule has 1 heterocycles. The molecule has 0 spiro atoms. The number of amides is 4. The number of imide groups is 2. The minimum atomic E-state index is -0.890. The number of rotatable bonds is 1. The van der Waals surface area contributed by atoms with Gasteiger partial charge in [0.25, 0.3) is 0 Å². The van der Waals surface area contributed by atoms with Crippen LogP contribution in [0.3, 0.4) is 0 Å². The molecule has 0 atom stereocenters. The number of hydrogen-bond donors (Lipinski definition) is 1. The van der Waals surface area contributed by atoms with Crippen LogP contribution in [0.15, 0.2) is 24.3 Å². The van der Waals surface area contributed by atoms with Gasteiger partial charge in [-0.05, 0) is 46.9 Å². The Morgan fingerprint density at radius 3 is 2.13 bits per heavy atom. The number of anilines is 1. The monoisotopic (exact) mass is 316 g/mol. The van der Waals surface area contributed by atoms with Gasteiger partial charge in [0.2, 0.25) is 0 Å². The third kappa shape index (κ3) is 1.72. The molecule has 1 saturated heterocycles. The molecule has 0 aromatic heterocycles. The number of benzene rings is 1. The third-order valence-corrected chi connectivity index (χ3v) is 2.62. The Kier molecular flexibility index (Phi) is 2.43. The number of nitrogens with zero attached hydrogens (tertiary/aromatic N) is 1. The van der Waals surface area contributed by atoms with E-state index in [0.717, 1.165) is 8.47 Å². The summed E-state index contributed by atoms with van der Waals surface area (Å²) in [6.07, 6.45) is 0. The Hall–Kier alpha value is -1.44. The molecule has 2 rings (SSSR count). The standard InChI is InChI=1S/C9H5IN2O3/c10-5-1-3-6(4-2-5)12-8(14)7(13)11-9(12)15/h1-4H,(H,11,13,15). The minimum absolute atomic E-state index is 0.392. The summed E-state index contributed by atoms with van der Waals surface area (Å²) in [7, 11) is 0. The third-order valence-electron chi connectivity index (χ3n) is 1.91. The first-order valence-corrected chi connectivity index (χ1v) is 5.12. The van der Waals surface area contributed by atoms with Crippen molar-refractivity contribution in [3.63, 3.8) is 0 Å². The Bertz CT molecular complexity index is 455. The second-order valence-corrected chi connectivity index (χ2v) is 4.12. The summed E-state index contributed by atoms with van der Waals surface area (Å²) < 4.78 is 0.981. The molecule has 1 aromatic rings. The van der Waals surface area contributed by atoms with Crippen LogP contribution in [0.1, 0.15) is 0 Å². The molecule has 0 radical (unpaired) electrons. The fourth-order valence-corrected chi connectivity index (χ4v) is 1.58. The van der Waals surface area contributed by atoms with Gasteiger partial charge in [-0.1, -0.05) is 0 Å². The highest BCUT2D eigenvalue weighted by molar-refractivity contribution is 14.1. The van der Waals surface area contributed by atoms with E-state index in [1.54, 1.807) is 24.3 Å². The fraction of sp³-hybridized carbons (Fsp3) is 0. The Morgan fingerprint density at radius 1 is 1.07 bits per heavy atom. The SMILES string of the molecule is O=C1NC(=O)N(c2ccc(I)cc2)C1=O. The number of hydrogen-bond acceptors (Lipinski definition) is 3. The molecule has 15 heavy (non-hydrogen) atoms. The number of urea groups is 1. The maximum atomic E-state index is 11.3.